The Morgan fingerprint density at radius 2 is 1.92 bits per heavy atom. The fraction of sp³-hybridized carbons (Fsp3) is 0.208. The van der Waals surface area contributed by atoms with E-state index in [4.69, 9.17) is 9.47 Å². The summed E-state index contributed by atoms with van der Waals surface area (Å²) < 4.78 is 52.4. The van der Waals surface area contributed by atoms with Gasteiger partial charge in [0, 0.05) is 42.4 Å². The first-order valence-electron chi connectivity index (χ1n) is 10.9. The molecule has 0 saturated carbocycles. The Morgan fingerprint density at radius 1 is 1.06 bits per heavy atom. The van der Waals surface area contributed by atoms with E-state index >= 15 is 0 Å². The number of carbonyl (C=O) groups excluding carboxylic acids is 1. The van der Waals surface area contributed by atoms with Crippen LogP contribution in [-0.4, -0.2) is 50.5 Å². The molecule has 0 fully saturated rings. The minimum Gasteiger partial charge on any atom is -0.475 e. The van der Waals surface area contributed by atoms with E-state index in [2.05, 4.69) is 25.4 Å². The van der Waals surface area contributed by atoms with Crippen molar-refractivity contribution in [3.05, 3.63) is 78.5 Å². The number of nitrogens with one attached hydrogen (secondary N) is 1. The zero-order chi connectivity index (χ0) is 25.5. The summed E-state index contributed by atoms with van der Waals surface area (Å²) in [6.07, 6.45) is 0.921. The maximum absolute atomic E-state index is 13.7. The molecule has 0 saturated heterocycles. The van der Waals surface area contributed by atoms with E-state index < -0.39 is 17.8 Å². The molecule has 1 amide bonds. The molecule has 0 aliphatic heterocycles. The highest BCUT2D eigenvalue weighted by atomic mass is 19.4. The summed E-state index contributed by atoms with van der Waals surface area (Å²) in [5, 5.41) is 6.70. The van der Waals surface area contributed by atoms with Gasteiger partial charge in [0.15, 0.2) is 0 Å². The number of nitrogens with zero attached hydrogens (tertiary/aromatic N) is 5. The van der Waals surface area contributed by atoms with Gasteiger partial charge in [-0.2, -0.15) is 18.3 Å². The topological polar surface area (TPSA) is 104 Å². The smallest absolute Gasteiger partial charge is 0.433 e. The van der Waals surface area contributed by atoms with Crippen LogP contribution in [0.4, 0.5) is 19.0 Å². The van der Waals surface area contributed by atoms with Gasteiger partial charge in [-0.1, -0.05) is 0 Å². The summed E-state index contributed by atoms with van der Waals surface area (Å²) in [4.78, 5) is 24.7. The molecule has 12 heteroatoms. The predicted molar refractivity (Wildman–Crippen MR) is 124 cm³/mol. The van der Waals surface area contributed by atoms with Crippen LogP contribution in [0.1, 0.15) is 23.0 Å². The summed E-state index contributed by atoms with van der Waals surface area (Å²) in [5.41, 5.74) is -0.0604. The summed E-state index contributed by atoms with van der Waals surface area (Å²) >= 11 is 0. The van der Waals surface area contributed by atoms with E-state index in [1.165, 1.54) is 49.1 Å². The Balaban J connectivity index is 1.50. The monoisotopic (exact) mass is 498 g/mol. The van der Waals surface area contributed by atoms with Crippen molar-refractivity contribution in [3.8, 4) is 22.8 Å². The Kier molecular flexibility index (Phi) is 7.54. The number of aromatic nitrogens is 5. The molecule has 4 heterocycles. The highest BCUT2D eigenvalue weighted by Gasteiger charge is 2.36. The van der Waals surface area contributed by atoms with E-state index in [-0.39, 0.29) is 35.2 Å². The standard InChI is InChI=1S/C24H21F3N6O3/c1-2-35-10-11-36-22-12-16(7-9-29-22)23(34)31-21-6-5-18(15-30-21)33-20(24(25,26)27)13-19(32-33)17-4-3-8-28-14-17/h3-9,12-15H,2,10-11H2,1H3,(H,30,31,34). The number of amides is 1. The van der Waals surface area contributed by atoms with Gasteiger partial charge in [-0.3, -0.25) is 9.78 Å². The molecular formula is C24H21F3N6O3. The Bertz CT molecular complexity index is 1310. The van der Waals surface area contributed by atoms with Crippen molar-refractivity contribution < 1.29 is 27.4 Å². The maximum atomic E-state index is 13.7. The zero-order valence-corrected chi connectivity index (χ0v) is 19.1. The van der Waals surface area contributed by atoms with Gasteiger partial charge in [-0.15, -0.1) is 0 Å². The van der Waals surface area contributed by atoms with Crippen molar-refractivity contribution in [3.63, 3.8) is 0 Å². The van der Waals surface area contributed by atoms with Crippen LogP contribution >= 0.6 is 0 Å². The largest absolute Gasteiger partial charge is 0.475 e. The molecule has 4 rings (SSSR count). The highest BCUT2D eigenvalue weighted by molar-refractivity contribution is 6.03. The van der Waals surface area contributed by atoms with Crippen LogP contribution in [0.3, 0.4) is 0 Å². The van der Waals surface area contributed by atoms with Gasteiger partial charge in [-0.05, 0) is 43.3 Å². The number of anilines is 1. The zero-order valence-electron chi connectivity index (χ0n) is 19.1. The third-order valence-electron chi connectivity index (χ3n) is 4.87. The lowest BCUT2D eigenvalue weighted by Crippen LogP contribution is -2.15. The van der Waals surface area contributed by atoms with Crippen molar-refractivity contribution in [1.29, 1.82) is 0 Å². The lowest BCUT2D eigenvalue weighted by atomic mass is 10.2. The first-order chi connectivity index (χ1) is 17.3. The number of alkyl halides is 3. The van der Waals surface area contributed by atoms with Gasteiger partial charge in [0.2, 0.25) is 5.88 Å². The minimum absolute atomic E-state index is 0.0735. The molecule has 0 aromatic carbocycles. The number of ether oxygens (including phenoxy) is 2. The molecular weight excluding hydrogens is 477 g/mol. The van der Waals surface area contributed by atoms with E-state index in [0.717, 1.165) is 10.7 Å². The van der Waals surface area contributed by atoms with Crippen LogP contribution in [-0.2, 0) is 10.9 Å². The number of rotatable bonds is 9. The average Bonchev–Trinajstić information content (AvgIpc) is 3.34. The summed E-state index contributed by atoms with van der Waals surface area (Å²) in [7, 11) is 0. The third kappa shape index (κ3) is 6.02. The SMILES string of the molecule is CCOCCOc1cc(C(=O)Nc2ccc(-n3nc(-c4cccnc4)cc3C(F)(F)F)cn2)ccn1. The molecule has 36 heavy (non-hydrogen) atoms. The molecule has 0 atom stereocenters. The molecule has 186 valence electrons. The second-order valence-corrected chi connectivity index (χ2v) is 7.35. The van der Waals surface area contributed by atoms with Gasteiger partial charge in [0.25, 0.3) is 5.91 Å². The second-order valence-electron chi connectivity index (χ2n) is 7.35. The lowest BCUT2D eigenvalue weighted by molar-refractivity contribution is -0.142. The van der Waals surface area contributed by atoms with Crippen molar-refractivity contribution in [1.82, 2.24) is 24.7 Å². The van der Waals surface area contributed by atoms with Gasteiger partial charge in [0.05, 0.1) is 24.2 Å². The van der Waals surface area contributed by atoms with E-state index in [0.29, 0.717) is 18.8 Å². The van der Waals surface area contributed by atoms with Crippen LogP contribution in [0, 0.1) is 0 Å². The van der Waals surface area contributed by atoms with Crippen molar-refractivity contribution in [2.45, 2.75) is 13.1 Å². The first-order valence-corrected chi connectivity index (χ1v) is 10.9. The predicted octanol–water partition coefficient (Wildman–Crippen LogP) is 4.41. The molecule has 0 radical (unpaired) electrons. The van der Waals surface area contributed by atoms with Gasteiger partial charge < -0.3 is 14.8 Å². The Labute approximate surface area is 203 Å². The molecule has 9 nitrogen and oxygen atoms in total. The van der Waals surface area contributed by atoms with E-state index in [9.17, 15) is 18.0 Å². The number of carbonyl (C=O) groups is 1. The van der Waals surface area contributed by atoms with E-state index in [1.807, 2.05) is 6.92 Å². The summed E-state index contributed by atoms with van der Waals surface area (Å²) in [5.74, 6) is -0.0812. The maximum Gasteiger partial charge on any atom is 0.433 e. The highest BCUT2D eigenvalue weighted by Crippen LogP contribution is 2.34. The Hall–Kier alpha value is -4.32. The molecule has 0 aliphatic carbocycles. The van der Waals surface area contributed by atoms with Crippen molar-refractivity contribution in [2.75, 3.05) is 25.1 Å². The quantitative estimate of drug-likeness (QED) is 0.341. The second kappa shape index (κ2) is 11.0. The van der Waals surface area contributed by atoms with Crippen LogP contribution in [0.2, 0.25) is 0 Å². The third-order valence-corrected chi connectivity index (χ3v) is 4.87. The molecule has 0 aliphatic rings. The molecule has 1 N–H and O–H groups in total. The van der Waals surface area contributed by atoms with E-state index in [1.54, 1.807) is 12.1 Å². The van der Waals surface area contributed by atoms with Crippen LogP contribution in [0.15, 0.2) is 67.3 Å². The molecule has 4 aromatic heterocycles. The molecule has 4 aromatic rings. The Morgan fingerprint density at radius 3 is 2.61 bits per heavy atom. The minimum atomic E-state index is -4.65. The van der Waals surface area contributed by atoms with Crippen LogP contribution in [0.5, 0.6) is 5.88 Å². The van der Waals surface area contributed by atoms with Gasteiger partial charge in [0.1, 0.15) is 18.1 Å². The van der Waals surface area contributed by atoms with Gasteiger partial charge in [-0.25, -0.2) is 14.6 Å². The number of pyridine rings is 3. The molecule has 0 bridgehead atoms. The lowest BCUT2D eigenvalue weighted by Gasteiger charge is -2.11. The fourth-order valence-electron chi connectivity index (χ4n) is 3.19. The van der Waals surface area contributed by atoms with Crippen molar-refractivity contribution in [2.24, 2.45) is 0 Å². The fourth-order valence-corrected chi connectivity index (χ4v) is 3.19. The first kappa shape index (κ1) is 24.8. The normalized spacial score (nSPS) is 11.3. The van der Waals surface area contributed by atoms with Crippen LogP contribution in [0.25, 0.3) is 16.9 Å². The molecule has 0 unspecified atom stereocenters. The van der Waals surface area contributed by atoms with Crippen molar-refractivity contribution >= 4 is 11.7 Å². The average molecular weight is 498 g/mol. The number of hydrogen-bond acceptors (Lipinski definition) is 7. The summed E-state index contributed by atoms with van der Waals surface area (Å²) in [6.45, 7) is 3.11. The number of halogens is 3. The van der Waals surface area contributed by atoms with Gasteiger partial charge >= 0.3 is 6.18 Å². The molecule has 0 spiro atoms. The van der Waals surface area contributed by atoms with Crippen LogP contribution < -0.4 is 10.1 Å². The summed E-state index contributed by atoms with van der Waals surface area (Å²) in [6, 6.07) is 9.91. The number of hydrogen-bond donors (Lipinski definition) is 1.